The van der Waals surface area contributed by atoms with Gasteiger partial charge in [-0.15, -0.1) is 0 Å². The summed E-state index contributed by atoms with van der Waals surface area (Å²) in [6.07, 6.45) is 6.27. The van der Waals surface area contributed by atoms with Crippen molar-refractivity contribution in [3.05, 3.63) is 0 Å². The van der Waals surface area contributed by atoms with Crippen LogP contribution in [0.4, 0.5) is 0 Å². The molecule has 0 aromatic heterocycles. The molecule has 3 aliphatic rings. The van der Waals surface area contributed by atoms with Gasteiger partial charge in [0.2, 0.25) is 5.91 Å². The molecule has 3 fully saturated rings. The van der Waals surface area contributed by atoms with Crippen molar-refractivity contribution in [3.8, 4) is 0 Å². The summed E-state index contributed by atoms with van der Waals surface area (Å²) < 4.78 is 0. The molecule has 0 aromatic rings. The molecule has 6 heteroatoms. The average molecular weight is 321 g/mol. The van der Waals surface area contributed by atoms with Crippen molar-refractivity contribution < 1.29 is 4.79 Å². The van der Waals surface area contributed by atoms with E-state index in [-0.39, 0.29) is 5.91 Å². The summed E-state index contributed by atoms with van der Waals surface area (Å²) in [6.45, 7) is 7.70. The van der Waals surface area contributed by atoms with Gasteiger partial charge < -0.3 is 15.1 Å². The summed E-state index contributed by atoms with van der Waals surface area (Å²) in [7, 11) is 1.82. The Morgan fingerprint density at radius 3 is 2.70 bits per heavy atom. The summed E-state index contributed by atoms with van der Waals surface area (Å²) in [5.41, 5.74) is 0. The van der Waals surface area contributed by atoms with E-state index in [1.54, 1.807) is 0 Å². The van der Waals surface area contributed by atoms with Crippen molar-refractivity contribution in [2.45, 2.75) is 51.1 Å². The van der Waals surface area contributed by atoms with E-state index in [1.807, 2.05) is 7.05 Å². The topological polar surface area (TPSA) is 51.2 Å². The summed E-state index contributed by atoms with van der Waals surface area (Å²) in [5.74, 6) is 1.14. The Hall–Kier alpha value is -1.30. The molecule has 2 saturated heterocycles. The van der Waals surface area contributed by atoms with Crippen LogP contribution in [0.25, 0.3) is 0 Å². The molecule has 1 atom stereocenters. The van der Waals surface area contributed by atoms with Gasteiger partial charge in [-0.1, -0.05) is 13.3 Å². The highest BCUT2D eigenvalue weighted by Crippen LogP contribution is 2.28. The Labute approximate surface area is 139 Å². The third-order valence-corrected chi connectivity index (χ3v) is 5.41. The third-order valence-electron chi connectivity index (χ3n) is 5.41. The number of guanidine groups is 1. The molecule has 130 valence electrons. The highest BCUT2D eigenvalue weighted by atomic mass is 16.2. The lowest BCUT2D eigenvalue weighted by molar-refractivity contribution is -0.135. The number of nitrogens with zero attached hydrogens (tertiary/aromatic N) is 4. The number of rotatable bonds is 4. The van der Waals surface area contributed by atoms with Crippen LogP contribution in [0.15, 0.2) is 4.99 Å². The fourth-order valence-corrected chi connectivity index (χ4v) is 3.89. The maximum atomic E-state index is 12.3. The summed E-state index contributed by atoms with van der Waals surface area (Å²) in [4.78, 5) is 23.4. The maximum absolute atomic E-state index is 12.3. The number of hydrogen-bond donors (Lipinski definition) is 1. The van der Waals surface area contributed by atoms with Crippen LogP contribution in [-0.2, 0) is 4.79 Å². The lowest BCUT2D eigenvalue weighted by atomic mass is 10.0. The second-order valence-electron chi connectivity index (χ2n) is 6.95. The van der Waals surface area contributed by atoms with E-state index in [0.717, 1.165) is 32.1 Å². The van der Waals surface area contributed by atoms with Gasteiger partial charge in [-0.2, -0.15) is 0 Å². The number of aliphatic imine (C=N–C) groups is 1. The minimum atomic E-state index is 0.259. The van der Waals surface area contributed by atoms with Crippen molar-refractivity contribution in [2.24, 2.45) is 4.99 Å². The van der Waals surface area contributed by atoms with E-state index in [9.17, 15) is 4.79 Å². The predicted octanol–water partition coefficient (Wildman–Crippen LogP) is 0.743. The summed E-state index contributed by atoms with van der Waals surface area (Å²) >= 11 is 0. The number of piperazine rings is 1. The zero-order valence-corrected chi connectivity index (χ0v) is 14.6. The van der Waals surface area contributed by atoms with Gasteiger partial charge in [0.15, 0.2) is 5.96 Å². The van der Waals surface area contributed by atoms with Gasteiger partial charge >= 0.3 is 0 Å². The van der Waals surface area contributed by atoms with Crippen molar-refractivity contribution in [1.82, 2.24) is 20.0 Å². The molecule has 6 nitrogen and oxygen atoms in total. The second kappa shape index (κ2) is 7.51. The molecular formula is C17H31N5O. The quantitative estimate of drug-likeness (QED) is 0.613. The molecule has 0 radical (unpaired) electrons. The van der Waals surface area contributed by atoms with E-state index in [0.29, 0.717) is 18.6 Å². The van der Waals surface area contributed by atoms with E-state index in [2.05, 4.69) is 31.9 Å². The minimum absolute atomic E-state index is 0.259. The first-order valence-corrected chi connectivity index (χ1v) is 9.22. The second-order valence-corrected chi connectivity index (χ2v) is 6.95. The van der Waals surface area contributed by atoms with E-state index in [4.69, 9.17) is 0 Å². The predicted molar refractivity (Wildman–Crippen MR) is 92.6 cm³/mol. The smallest absolute Gasteiger partial charge is 0.242 e. The standard InChI is InChI=1S/C17H31N5O/c1-3-20-9-5-4-6-15(20)12-19-17(18-2)21-10-11-22(14-7-8-14)16(23)13-21/h14-15H,3-13H2,1-2H3,(H,18,19). The third kappa shape index (κ3) is 3.97. The highest BCUT2D eigenvalue weighted by molar-refractivity contribution is 5.88. The van der Waals surface area contributed by atoms with Gasteiger partial charge in [0.05, 0.1) is 6.54 Å². The number of likely N-dealkylation sites (tertiary alicyclic amines) is 1. The van der Waals surface area contributed by atoms with Gasteiger partial charge in [0.1, 0.15) is 0 Å². The van der Waals surface area contributed by atoms with E-state index >= 15 is 0 Å². The average Bonchev–Trinajstić information content (AvgIpc) is 3.41. The highest BCUT2D eigenvalue weighted by Gasteiger charge is 2.36. The van der Waals surface area contributed by atoms with Crippen molar-refractivity contribution in [1.29, 1.82) is 0 Å². The number of hydrogen-bond acceptors (Lipinski definition) is 3. The van der Waals surface area contributed by atoms with Crippen molar-refractivity contribution >= 4 is 11.9 Å². The van der Waals surface area contributed by atoms with Crippen LogP contribution in [0.2, 0.25) is 0 Å². The number of piperidine rings is 1. The molecule has 2 aliphatic heterocycles. The Morgan fingerprint density at radius 2 is 2.04 bits per heavy atom. The minimum Gasteiger partial charge on any atom is -0.355 e. The van der Waals surface area contributed by atoms with Crippen LogP contribution >= 0.6 is 0 Å². The van der Waals surface area contributed by atoms with Crippen LogP contribution in [0.1, 0.15) is 39.0 Å². The van der Waals surface area contributed by atoms with Crippen LogP contribution in [0.3, 0.4) is 0 Å². The van der Waals surface area contributed by atoms with Crippen LogP contribution in [-0.4, -0.2) is 85.0 Å². The Morgan fingerprint density at radius 1 is 1.22 bits per heavy atom. The molecular weight excluding hydrogens is 290 g/mol. The molecule has 2 heterocycles. The van der Waals surface area contributed by atoms with Crippen LogP contribution < -0.4 is 5.32 Å². The Bertz CT molecular complexity index is 448. The first-order valence-electron chi connectivity index (χ1n) is 9.22. The summed E-state index contributed by atoms with van der Waals surface area (Å²) in [5, 5.41) is 3.52. The Kier molecular flexibility index (Phi) is 5.41. The Balaban J connectivity index is 1.50. The summed E-state index contributed by atoms with van der Waals surface area (Å²) in [6, 6.07) is 1.12. The van der Waals surface area contributed by atoms with Crippen molar-refractivity contribution in [3.63, 3.8) is 0 Å². The fourth-order valence-electron chi connectivity index (χ4n) is 3.89. The zero-order valence-electron chi connectivity index (χ0n) is 14.6. The molecule has 3 rings (SSSR count). The SMILES string of the molecule is CCN1CCCCC1CNC(=NC)N1CCN(C2CC2)C(=O)C1. The van der Waals surface area contributed by atoms with E-state index < -0.39 is 0 Å². The number of carbonyl (C=O) groups is 1. The molecule has 23 heavy (non-hydrogen) atoms. The number of carbonyl (C=O) groups excluding carboxylic acids is 1. The molecule has 1 N–H and O–H groups in total. The fraction of sp³-hybridized carbons (Fsp3) is 0.882. The zero-order chi connectivity index (χ0) is 16.2. The molecule has 0 aromatic carbocycles. The molecule has 1 saturated carbocycles. The largest absolute Gasteiger partial charge is 0.355 e. The van der Waals surface area contributed by atoms with E-state index in [1.165, 1.54) is 38.6 Å². The molecule has 0 spiro atoms. The molecule has 0 bridgehead atoms. The monoisotopic (exact) mass is 321 g/mol. The molecule has 1 amide bonds. The normalized spacial score (nSPS) is 27.5. The van der Waals surface area contributed by atoms with Gasteiger partial charge in [-0.25, -0.2) is 0 Å². The lowest BCUT2D eigenvalue weighted by Gasteiger charge is -2.38. The molecule has 1 aliphatic carbocycles. The van der Waals surface area contributed by atoms with Gasteiger partial charge in [-0.3, -0.25) is 14.7 Å². The number of nitrogens with one attached hydrogen (secondary N) is 1. The number of likely N-dealkylation sites (N-methyl/N-ethyl adjacent to an activating group) is 1. The first-order chi connectivity index (χ1) is 11.2. The van der Waals surface area contributed by atoms with Crippen molar-refractivity contribution in [2.75, 3.05) is 46.3 Å². The maximum Gasteiger partial charge on any atom is 0.242 e. The van der Waals surface area contributed by atoms with Gasteiger partial charge in [0.25, 0.3) is 0 Å². The number of amides is 1. The molecule has 1 unspecified atom stereocenters. The first kappa shape index (κ1) is 16.6. The van der Waals surface area contributed by atoms with Gasteiger partial charge in [0, 0.05) is 38.8 Å². The van der Waals surface area contributed by atoms with Crippen LogP contribution in [0, 0.1) is 0 Å². The van der Waals surface area contributed by atoms with Crippen LogP contribution in [0.5, 0.6) is 0 Å². The lowest BCUT2D eigenvalue weighted by Crippen LogP contribution is -2.57. The van der Waals surface area contributed by atoms with Gasteiger partial charge in [-0.05, 0) is 38.8 Å².